The van der Waals surface area contributed by atoms with Crippen molar-refractivity contribution in [2.24, 2.45) is 0 Å². The van der Waals surface area contributed by atoms with Gasteiger partial charge in [0, 0.05) is 40.9 Å². The van der Waals surface area contributed by atoms with Gasteiger partial charge in [-0.1, -0.05) is 32.0 Å². The lowest BCUT2D eigenvalue weighted by Crippen LogP contribution is -2.46. The molecule has 0 fully saturated rings. The van der Waals surface area contributed by atoms with Crippen LogP contribution in [-0.4, -0.2) is 39.3 Å². The van der Waals surface area contributed by atoms with Crippen LogP contribution in [-0.2, 0) is 10.2 Å². The lowest BCUT2D eigenvalue weighted by atomic mass is 9.84. The molecular weight excluding hydrogens is 461 g/mol. The van der Waals surface area contributed by atoms with E-state index in [0.717, 1.165) is 15.6 Å². The van der Waals surface area contributed by atoms with Crippen LogP contribution in [0.25, 0.3) is 33.4 Å². The number of hydrogen-bond acceptors (Lipinski definition) is 5. The van der Waals surface area contributed by atoms with Crippen LogP contribution in [0.2, 0.25) is 0 Å². The third-order valence-electron chi connectivity index (χ3n) is 5.88. The second-order valence-corrected chi connectivity index (χ2v) is 8.88. The Kier molecular flexibility index (Phi) is 5.12. The molecule has 1 N–H and O–H groups in total. The van der Waals surface area contributed by atoms with Gasteiger partial charge in [-0.25, -0.2) is 4.79 Å². The molecule has 35 heavy (non-hydrogen) atoms. The van der Waals surface area contributed by atoms with Crippen molar-refractivity contribution in [1.82, 2.24) is 20.0 Å². The van der Waals surface area contributed by atoms with Gasteiger partial charge >= 0.3 is 12.1 Å². The van der Waals surface area contributed by atoms with Gasteiger partial charge in [-0.15, -0.1) is 0 Å². The maximum absolute atomic E-state index is 13.1. The molecule has 0 saturated heterocycles. The molecule has 1 amide bonds. The summed E-state index contributed by atoms with van der Waals surface area (Å²) in [6.45, 7) is 3.65. The van der Waals surface area contributed by atoms with E-state index in [9.17, 15) is 22.8 Å². The first-order chi connectivity index (χ1) is 16.5. The molecule has 0 atom stereocenters. The fourth-order valence-electron chi connectivity index (χ4n) is 4.18. The maximum Gasteiger partial charge on any atom is 0.493 e. The zero-order chi connectivity index (χ0) is 25.0. The number of benzene rings is 1. The summed E-state index contributed by atoms with van der Waals surface area (Å²) >= 11 is 0. The van der Waals surface area contributed by atoms with Crippen molar-refractivity contribution in [3.8, 4) is 22.5 Å². The summed E-state index contributed by atoms with van der Waals surface area (Å²) in [5.74, 6) is -2.85. The Morgan fingerprint density at radius 3 is 2.63 bits per heavy atom. The van der Waals surface area contributed by atoms with Gasteiger partial charge < -0.3 is 10.2 Å². The minimum absolute atomic E-state index is 0.120. The van der Waals surface area contributed by atoms with Gasteiger partial charge in [-0.2, -0.15) is 17.9 Å². The van der Waals surface area contributed by atoms with E-state index in [1.807, 2.05) is 30.3 Å². The van der Waals surface area contributed by atoms with Gasteiger partial charge in [0.2, 0.25) is 0 Å². The largest absolute Gasteiger partial charge is 0.493 e. The summed E-state index contributed by atoms with van der Waals surface area (Å²) in [5.41, 5.74) is 2.06. The van der Waals surface area contributed by atoms with Crippen LogP contribution in [0.5, 0.6) is 0 Å². The number of para-hydroxylation sites is 1. The van der Waals surface area contributed by atoms with E-state index in [1.165, 1.54) is 12.3 Å². The van der Waals surface area contributed by atoms with Gasteiger partial charge in [-0.05, 0) is 30.3 Å². The third kappa shape index (κ3) is 4.01. The Hall–Kier alpha value is -4.21. The zero-order valence-corrected chi connectivity index (χ0v) is 18.7. The van der Waals surface area contributed by atoms with Gasteiger partial charge in [0.05, 0.1) is 28.2 Å². The van der Waals surface area contributed by atoms with Gasteiger partial charge in [0.15, 0.2) is 0 Å². The average Bonchev–Trinajstić information content (AvgIpc) is 3.22. The lowest BCUT2D eigenvalue weighted by Gasteiger charge is -2.31. The standard InChI is InChI=1S/C25H19F3N4O3/c1-24(2)13-31-22(33)17-11-20(32(21(17)24)35-23(34)25(26,27)28)15-7-8-29-19(10-15)16-9-14-5-3-4-6-18(14)30-12-16/h3-12H,13H2,1-2H3,(H,31,33). The summed E-state index contributed by atoms with van der Waals surface area (Å²) in [7, 11) is 0. The van der Waals surface area contributed by atoms with Gasteiger partial charge in [0.25, 0.3) is 5.91 Å². The minimum atomic E-state index is -5.21. The van der Waals surface area contributed by atoms with E-state index in [2.05, 4.69) is 15.3 Å². The molecule has 1 aromatic carbocycles. The highest BCUT2D eigenvalue weighted by Gasteiger charge is 2.44. The van der Waals surface area contributed by atoms with Crippen LogP contribution in [0.15, 0.2) is 60.9 Å². The molecule has 0 bridgehead atoms. The molecule has 0 radical (unpaired) electrons. The molecule has 4 heterocycles. The highest BCUT2D eigenvalue weighted by Crippen LogP contribution is 2.36. The molecule has 7 nitrogen and oxygen atoms in total. The number of fused-ring (bicyclic) bond motifs is 2. The summed E-state index contributed by atoms with van der Waals surface area (Å²) in [6, 6.07) is 14.1. The first-order valence-corrected chi connectivity index (χ1v) is 10.7. The van der Waals surface area contributed by atoms with E-state index in [0.29, 0.717) is 16.8 Å². The summed E-state index contributed by atoms with van der Waals surface area (Å²) in [4.78, 5) is 38.0. The predicted molar refractivity (Wildman–Crippen MR) is 121 cm³/mol. The molecule has 0 spiro atoms. The van der Waals surface area contributed by atoms with Crippen LogP contribution >= 0.6 is 0 Å². The number of nitrogens with zero attached hydrogens (tertiary/aromatic N) is 3. The highest BCUT2D eigenvalue weighted by molar-refractivity contribution is 5.99. The molecular formula is C25H19F3N4O3. The average molecular weight is 480 g/mol. The summed E-state index contributed by atoms with van der Waals surface area (Å²) in [6.07, 6.45) is -2.07. The highest BCUT2D eigenvalue weighted by atomic mass is 19.4. The van der Waals surface area contributed by atoms with E-state index in [-0.39, 0.29) is 23.5 Å². The molecule has 0 aliphatic carbocycles. The minimum Gasteiger partial charge on any atom is -0.351 e. The predicted octanol–water partition coefficient (Wildman–Crippen LogP) is 4.30. The number of nitrogens with one attached hydrogen (secondary N) is 1. The molecule has 5 rings (SSSR count). The SMILES string of the molecule is CC1(C)CNC(=O)c2cc(-c3ccnc(-c4cnc5ccccc5c4)c3)n(OC(=O)C(F)(F)F)c21. The van der Waals surface area contributed by atoms with Crippen LogP contribution in [0, 0.1) is 0 Å². The smallest absolute Gasteiger partial charge is 0.351 e. The third-order valence-corrected chi connectivity index (χ3v) is 5.88. The number of amides is 1. The fraction of sp³-hybridized carbons (Fsp3) is 0.200. The number of carbonyl (C=O) groups is 2. The van der Waals surface area contributed by atoms with Crippen LogP contribution < -0.4 is 10.2 Å². The Balaban J connectivity index is 1.67. The van der Waals surface area contributed by atoms with Crippen molar-refractivity contribution >= 4 is 22.8 Å². The van der Waals surface area contributed by atoms with Crippen molar-refractivity contribution in [3.63, 3.8) is 0 Å². The van der Waals surface area contributed by atoms with E-state index in [4.69, 9.17) is 4.84 Å². The number of hydrogen-bond donors (Lipinski definition) is 1. The summed E-state index contributed by atoms with van der Waals surface area (Å²) in [5, 5.41) is 3.62. The number of aromatic nitrogens is 3. The van der Waals surface area contributed by atoms with Crippen LogP contribution in [0.4, 0.5) is 13.2 Å². The number of alkyl halides is 3. The molecule has 10 heteroatoms. The van der Waals surface area contributed by atoms with Crippen LogP contribution in [0.1, 0.15) is 29.9 Å². The molecule has 178 valence electrons. The normalized spacial score (nSPS) is 14.9. The second-order valence-electron chi connectivity index (χ2n) is 8.88. The quantitative estimate of drug-likeness (QED) is 0.473. The molecule has 0 saturated carbocycles. The maximum atomic E-state index is 13.1. The molecule has 1 aliphatic heterocycles. The molecule has 0 unspecified atom stereocenters. The topological polar surface area (TPSA) is 86.1 Å². The molecule has 4 aromatic rings. The van der Waals surface area contributed by atoms with Gasteiger partial charge in [-0.3, -0.25) is 14.8 Å². The van der Waals surface area contributed by atoms with Gasteiger partial charge in [0.1, 0.15) is 0 Å². The first kappa shape index (κ1) is 22.6. The monoisotopic (exact) mass is 480 g/mol. The van der Waals surface area contributed by atoms with E-state index < -0.39 is 23.5 Å². The fourth-order valence-corrected chi connectivity index (χ4v) is 4.18. The number of halogens is 3. The molecule has 3 aromatic heterocycles. The summed E-state index contributed by atoms with van der Waals surface area (Å²) < 4.78 is 40.1. The number of pyridine rings is 2. The van der Waals surface area contributed by atoms with E-state index >= 15 is 0 Å². The van der Waals surface area contributed by atoms with Crippen molar-refractivity contribution < 1.29 is 27.6 Å². The number of rotatable bonds is 3. The Bertz CT molecular complexity index is 1490. The van der Waals surface area contributed by atoms with Crippen molar-refractivity contribution in [1.29, 1.82) is 0 Å². The van der Waals surface area contributed by atoms with E-state index in [1.54, 1.807) is 32.2 Å². The zero-order valence-electron chi connectivity index (χ0n) is 18.7. The second kappa shape index (κ2) is 7.93. The van der Waals surface area contributed by atoms with Crippen molar-refractivity contribution in [2.75, 3.05) is 6.54 Å². The van der Waals surface area contributed by atoms with Crippen LogP contribution in [0.3, 0.4) is 0 Å². The lowest BCUT2D eigenvalue weighted by molar-refractivity contribution is -0.200. The Morgan fingerprint density at radius 1 is 1.09 bits per heavy atom. The first-order valence-electron chi connectivity index (χ1n) is 10.7. The molecule has 1 aliphatic rings. The number of carbonyl (C=O) groups excluding carboxylic acids is 2. The Morgan fingerprint density at radius 2 is 1.86 bits per heavy atom. The van der Waals surface area contributed by atoms with Crippen molar-refractivity contribution in [3.05, 3.63) is 72.2 Å². The van der Waals surface area contributed by atoms with Crippen molar-refractivity contribution in [2.45, 2.75) is 25.4 Å². The Labute approximate surface area is 197 Å².